The highest BCUT2D eigenvalue weighted by Crippen LogP contribution is 2.19. The number of rotatable bonds is 5. The van der Waals surface area contributed by atoms with Gasteiger partial charge in [-0.25, -0.2) is 15.2 Å². The summed E-state index contributed by atoms with van der Waals surface area (Å²) in [4.78, 5) is 9.63. The van der Waals surface area contributed by atoms with Crippen LogP contribution in [0.15, 0.2) is 6.20 Å². The number of hydrazine groups is 1. The zero-order chi connectivity index (χ0) is 12.1. The summed E-state index contributed by atoms with van der Waals surface area (Å²) < 4.78 is 13.6. The van der Waals surface area contributed by atoms with E-state index in [1.54, 1.807) is 0 Å². The standard InChI is InChI=1S/C10H18FN5/c1-4-5-16(7(2)3)9-8(11)6-13-10(14-9)15-12/h6-7H,4-5,12H2,1-3H3,(H,13,14,15). The lowest BCUT2D eigenvalue weighted by molar-refractivity contribution is 0.581. The van der Waals surface area contributed by atoms with E-state index in [0.29, 0.717) is 5.82 Å². The van der Waals surface area contributed by atoms with E-state index in [9.17, 15) is 4.39 Å². The van der Waals surface area contributed by atoms with Crippen LogP contribution < -0.4 is 16.2 Å². The highest BCUT2D eigenvalue weighted by atomic mass is 19.1. The molecule has 0 saturated carbocycles. The smallest absolute Gasteiger partial charge is 0.239 e. The number of nitrogens with two attached hydrogens (primary N) is 1. The Balaban J connectivity index is 3.06. The molecule has 5 nitrogen and oxygen atoms in total. The van der Waals surface area contributed by atoms with E-state index in [-0.39, 0.29) is 12.0 Å². The summed E-state index contributed by atoms with van der Waals surface area (Å²) in [5.74, 6) is 5.29. The molecule has 3 N–H and O–H groups in total. The van der Waals surface area contributed by atoms with Crippen molar-refractivity contribution in [3.8, 4) is 0 Å². The number of hydrogen-bond acceptors (Lipinski definition) is 5. The monoisotopic (exact) mass is 227 g/mol. The van der Waals surface area contributed by atoms with E-state index in [4.69, 9.17) is 5.84 Å². The highest BCUT2D eigenvalue weighted by molar-refractivity contribution is 5.44. The first-order chi connectivity index (χ1) is 7.60. The van der Waals surface area contributed by atoms with Crippen LogP contribution in [-0.2, 0) is 0 Å². The number of aromatic nitrogens is 2. The maximum Gasteiger partial charge on any atom is 0.239 e. The minimum absolute atomic E-state index is 0.176. The van der Waals surface area contributed by atoms with Gasteiger partial charge < -0.3 is 4.90 Å². The molecule has 0 unspecified atom stereocenters. The number of anilines is 2. The van der Waals surface area contributed by atoms with Gasteiger partial charge in [0.1, 0.15) is 0 Å². The molecular weight excluding hydrogens is 209 g/mol. The molecule has 0 fully saturated rings. The number of halogens is 1. The van der Waals surface area contributed by atoms with Gasteiger partial charge in [0.2, 0.25) is 5.95 Å². The zero-order valence-corrected chi connectivity index (χ0v) is 9.87. The molecule has 1 aromatic heterocycles. The molecule has 1 aromatic rings. The first-order valence-corrected chi connectivity index (χ1v) is 5.36. The molecule has 1 rings (SSSR count). The van der Waals surface area contributed by atoms with Crippen LogP contribution in [0.4, 0.5) is 16.2 Å². The summed E-state index contributed by atoms with van der Waals surface area (Å²) >= 11 is 0. The Hall–Kier alpha value is -1.43. The van der Waals surface area contributed by atoms with Crippen molar-refractivity contribution in [3.63, 3.8) is 0 Å². The van der Waals surface area contributed by atoms with Gasteiger partial charge >= 0.3 is 0 Å². The molecule has 1 heterocycles. The summed E-state index contributed by atoms with van der Waals surface area (Å²) in [6.45, 7) is 6.77. The van der Waals surface area contributed by atoms with Gasteiger partial charge in [0.05, 0.1) is 6.20 Å². The first kappa shape index (κ1) is 12.6. The fourth-order valence-electron chi connectivity index (χ4n) is 1.48. The van der Waals surface area contributed by atoms with Gasteiger partial charge in [-0.3, -0.25) is 5.43 Å². The molecule has 0 aromatic carbocycles. The lowest BCUT2D eigenvalue weighted by Gasteiger charge is -2.27. The van der Waals surface area contributed by atoms with Gasteiger partial charge in [-0.1, -0.05) is 6.92 Å². The Morgan fingerprint density at radius 3 is 2.75 bits per heavy atom. The Morgan fingerprint density at radius 2 is 2.25 bits per heavy atom. The molecule has 0 saturated heterocycles. The van der Waals surface area contributed by atoms with Crippen molar-refractivity contribution in [2.75, 3.05) is 16.9 Å². The quantitative estimate of drug-likeness (QED) is 0.589. The van der Waals surface area contributed by atoms with E-state index in [1.165, 1.54) is 0 Å². The van der Waals surface area contributed by atoms with E-state index >= 15 is 0 Å². The van der Waals surface area contributed by atoms with Crippen molar-refractivity contribution >= 4 is 11.8 Å². The maximum atomic E-state index is 13.6. The molecule has 0 spiro atoms. The molecule has 90 valence electrons. The van der Waals surface area contributed by atoms with Gasteiger partial charge in [0.25, 0.3) is 0 Å². The van der Waals surface area contributed by atoms with Crippen LogP contribution in [0.3, 0.4) is 0 Å². The minimum atomic E-state index is -0.429. The molecule has 0 radical (unpaired) electrons. The van der Waals surface area contributed by atoms with Crippen molar-refractivity contribution in [1.29, 1.82) is 0 Å². The third-order valence-electron chi connectivity index (χ3n) is 2.21. The van der Waals surface area contributed by atoms with Crippen molar-refractivity contribution in [2.45, 2.75) is 33.2 Å². The number of hydrogen-bond donors (Lipinski definition) is 2. The second-order valence-corrected chi connectivity index (χ2v) is 3.80. The molecule has 0 bridgehead atoms. The molecule has 0 aliphatic heterocycles. The Morgan fingerprint density at radius 1 is 1.56 bits per heavy atom. The molecule has 0 aliphatic rings. The van der Waals surface area contributed by atoms with Gasteiger partial charge in [-0.2, -0.15) is 4.98 Å². The highest BCUT2D eigenvalue weighted by Gasteiger charge is 2.16. The topological polar surface area (TPSA) is 67.1 Å². The molecular formula is C10H18FN5. The predicted molar refractivity (Wildman–Crippen MR) is 62.6 cm³/mol. The molecule has 6 heteroatoms. The largest absolute Gasteiger partial charge is 0.352 e. The van der Waals surface area contributed by atoms with Crippen LogP contribution in [0.2, 0.25) is 0 Å². The van der Waals surface area contributed by atoms with Gasteiger partial charge in [-0.15, -0.1) is 0 Å². The third-order valence-corrected chi connectivity index (χ3v) is 2.21. The van der Waals surface area contributed by atoms with Crippen LogP contribution in [0.25, 0.3) is 0 Å². The van der Waals surface area contributed by atoms with Crippen LogP contribution in [0.1, 0.15) is 27.2 Å². The van der Waals surface area contributed by atoms with Crippen molar-refractivity contribution in [3.05, 3.63) is 12.0 Å². The number of nitrogen functional groups attached to an aromatic ring is 1. The predicted octanol–water partition coefficient (Wildman–Crippen LogP) is 1.53. The van der Waals surface area contributed by atoms with E-state index in [2.05, 4.69) is 15.4 Å². The summed E-state index contributed by atoms with van der Waals surface area (Å²) in [5, 5.41) is 0. The van der Waals surface area contributed by atoms with Crippen molar-refractivity contribution in [1.82, 2.24) is 9.97 Å². The number of nitrogens with one attached hydrogen (secondary N) is 1. The van der Waals surface area contributed by atoms with Crippen molar-refractivity contribution in [2.24, 2.45) is 5.84 Å². The average molecular weight is 227 g/mol. The lowest BCUT2D eigenvalue weighted by Crippen LogP contribution is -2.33. The zero-order valence-electron chi connectivity index (χ0n) is 9.87. The fraction of sp³-hybridized carbons (Fsp3) is 0.600. The first-order valence-electron chi connectivity index (χ1n) is 5.36. The summed E-state index contributed by atoms with van der Waals surface area (Å²) in [6.07, 6.45) is 2.05. The Labute approximate surface area is 94.8 Å². The van der Waals surface area contributed by atoms with E-state index in [1.807, 2.05) is 25.7 Å². The third kappa shape index (κ3) is 2.79. The van der Waals surface area contributed by atoms with Gasteiger partial charge in [-0.05, 0) is 20.3 Å². The van der Waals surface area contributed by atoms with Crippen LogP contribution in [0.5, 0.6) is 0 Å². The van der Waals surface area contributed by atoms with Crippen LogP contribution in [0, 0.1) is 5.82 Å². The molecule has 16 heavy (non-hydrogen) atoms. The number of nitrogens with zero attached hydrogens (tertiary/aromatic N) is 3. The Bertz CT molecular complexity index is 342. The molecule has 0 atom stereocenters. The summed E-state index contributed by atoms with van der Waals surface area (Å²) in [7, 11) is 0. The SMILES string of the molecule is CCCN(c1nc(NN)ncc1F)C(C)C. The minimum Gasteiger partial charge on any atom is -0.352 e. The fourth-order valence-corrected chi connectivity index (χ4v) is 1.48. The maximum absolute atomic E-state index is 13.6. The second-order valence-electron chi connectivity index (χ2n) is 3.80. The Kier molecular flexibility index (Phi) is 4.42. The van der Waals surface area contributed by atoms with Crippen molar-refractivity contribution < 1.29 is 4.39 Å². The molecule has 0 amide bonds. The van der Waals surface area contributed by atoms with Crippen LogP contribution in [-0.4, -0.2) is 22.6 Å². The summed E-state index contributed by atoms with van der Waals surface area (Å²) in [6, 6.07) is 0.176. The average Bonchev–Trinajstić information content (AvgIpc) is 2.27. The second kappa shape index (κ2) is 5.60. The van der Waals surface area contributed by atoms with E-state index < -0.39 is 5.82 Å². The normalized spacial score (nSPS) is 10.6. The van der Waals surface area contributed by atoms with Gasteiger partial charge in [0.15, 0.2) is 11.6 Å². The van der Waals surface area contributed by atoms with Gasteiger partial charge in [0, 0.05) is 12.6 Å². The summed E-state index contributed by atoms with van der Waals surface area (Å²) in [5.41, 5.74) is 2.31. The van der Waals surface area contributed by atoms with Crippen LogP contribution >= 0.6 is 0 Å². The lowest BCUT2D eigenvalue weighted by atomic mass is 10.3. The molecule has 0 aliphatic carbocycles. The van der Waals surface area contributed by atoms with E-state index in [0.717, 1.165) is 19.2 Å².